The molecular formula is C15H18N2O2. The minimum Gasteiger partial charge on any atom is -0.394 e. The van der Waals surface area contributed by atoms with E-state index >= 15 is 0 Å². The number of benzene rings is 1. The van der Waals surface area contributed by atoms with Crippen LogP contribution in [0.25, 0.3) is 0 Å². The number of hydrogen-bond acceptors (Lipinski definition) is 4. The third-order valence-electron chi connectivity index (χ3n) is 4.31. The first kappa shape index (κ1) is 12.6. The summed E-state index contributed by atoms with van der Waals surface area (Å²) < 4.78 is 5.36. The molecule has 0 spiro atoms. The van der Waals surface area contributed by atoms with Crippen molar-refractivity contribution in [3.05, 3.63) is 35.9 Å². The van der Waals surface area contributed by atoms with Crippen LogP contribution in [0.1, 0.15) is 11.6 Å². The summed E-state index contributed by atoms with van der Waals surface area (Å²) in [5.41, 5.74) is 1.02. The van der Waals surface area contributed by atoms with E-state index in [1.54, 1.807) is 0 Å². The lowest BCUT2D eigenvalue weighted by atomic mass is 10.0. The number of nitriles is 1. The largest absolute Gasteiger partial charge is 0.394 e. The minimum absolute atomic E-state index is 0.000741. The highest BCUT2D eigenvalue weighted by Gasteiger charge is 2.57. The van der Waals surface area contributed by atoms with Gasteiger partial charge in [-0.1, -0.05) is 30.3 Å². The molecule has 1 aliphatic heterocycles. The summed E-state index contributed by atoms with van der Waals surface area (Å²) in [6.07, 6.45) is 0. The molecule has 4 atom stereocenters. The first-order valence-electron chi connectivity index (χ1n) is 6.74. The predicted octanol–water partition coefficient (Wildman–Crippen LogP) is 1.09. The van der Waals surface area contributed by atoms with Gasteiger partial charge in [0.25, 0.3) is 0 Å². The molecular weight excluding hydrogens is 240 g/mol. The number of hydrogen-bond donors (Lipinski definition) is 2. The van der Waals surface area contributed by atoms with Crippen LogP contribution >= 0.6 is 0 Å². The van der Waals surface area contributed by atoms with Gasteiger partial charge in [0, 0.05) is 0 Å². The third-order valence-corrected chi connectivity index (χ3v) is 4.31. The summed E-state index contributed by atoms with van der Waals surface area (Å²) in [7, 11) is 0. The van der Waals surface area contributed by atoms with E-state index in [0.717, 1.165) is 18.8 Å². The molecule has 1 aromatic rings. The van der Waals surface area contributed by atoms with Crippen LogP contribution in [0.15, 0.2) is 30.3 Å². The van der Waals surface area contributed by atoms with Crippen LogP contribution in [-0.4, -0.2) is 31.0 Å². The smallest absolute Gasteiger partial charge is 0.0994 e. The average molecular weight is 258 g/mol. The van der Waals surface area contributed by atoms with Gasteiger partial charge in [0.1, 0.15) is 0 Å². The van der Waals surface area contributed by atoms with Crippen molar-refractivity contribution < 1.29 is 9.84 Å². The molecule has 4 unspecified atom stereocenters. The van der Waals surface area contributed by atoms with E-state index in [-0.39, 0.29) is 18.7 Å². The minimum atomic E-state index is -0.198. The lowest BCUT2D eigenvalue weighted by Gasteiger charge is -2.21. The molecule has 0 radical (unpaired) electrons. The second-order valence-electron chi connectivity index (χ2n) is 5.36. The molecule has 0 bridgehead atoms. The normalized spacial score (nSPS) is 31.3. The van der Waals surface area contributed by atoms with E-state index in [0.29, 0.717) is 17.8 Å². The number of rotatable bonds is 5. The molecule has 100 valence electrons. The highest BCUT2D eigenvalue weighted by Crippen LogP contribution is 2.52. The fourth-order valence-electron chi connectivity index (χ4n) is 3.17. The Morgan fingerprint density at radius 3 is 2.58 bits per heavy atom. The number of fused-ring (bicyclic) bond motifs is 1. The number of ether oxygens (including phenoxy) is 1. The fourth-order valence-corrected chi connectivity index (χ4v) is 3.17. The molecule has 2 fully saturated rings. The summed E-state index contributed by atoms with van der Waals surface area (Å²) in [5.74, 6) is 1.45. The van der Waals surface area contributed by atoms with E-state index in [9.17, 15) is 10.4 Å². The lowest BCUT2D eigenvalue weighted by molar-refractivity contribution is 0.143. The second kappa shape index (κ2) is 5.30. The number of aliphatic hydroxyl groups excluding tert-OH is 1. The molecule has 4 heteroatoms. The zero-order valence-electron chi connectivity index (χ0n) is 10.7. The molecule has 3 rings (SSSR count). The van der Waals surface area contributed by atoms with E-state index < -0.39 is 0 Å². The van der Waals surface area contributed by atoms with Crippen LogP contribution in [0.3, 0.4) is 0 Å². The van der Waals surface area contributed by atoms with E-state index in [2.05, 4.69) is 11.4 Å². The van der Waals surface area contributed by atoms with Gasteiger partial charge in [-0.15, -0.1) is 0 Å². The molecule has 1 saturated heterocycles. The monoisotopic (exact) mass is 258 g/mol. The van der Waals surface area contributed by atoms with Gasteiger partial charge >= 0.3 is 0 Å². The second-order valence-corrected chi connectivity index (χ2v) is 5.36. The quantitative estimate of drug-likeness (QED) is 0.830. The fraction of sp³-hybridized carbons (Fsp3) is 0.533. The first-order chi connectivity index (χ1) is 9.35. The summed E-state index contributed by atoms with van der Waals surface area (Å²) >= 11 is 0. The maximum Gasteiger partial charge on any atom is 0.0994 e. The Bertz CT molecular complexity index is 461. The number of nitrogens with one attached hydrogen (secondary N) is 1. The van der Waals surface area contributed by atoms with Gasteiger partial charge in [-0.05, 0) is 23.3 Å². The molecule has 0 amide bonds. The zero-order valence-corrected chi connectivity index (χ0v) is 10.7. The van der Waals surface area contributed by atoms with Crippen molar-refractivity contribution in [3.63, 3.8) is 0 Å². The predicted molar refractivity (Wildman–Crippen MR) is 70.1 cm³/mol. The van der Waals surface area contributed by atoms with Crippen molar-refractivity contribution in [2.75, 3.05) is 19.8 Å². The maximum atomic E-state index is 9.53. The summed E-state index contributed by atoms with van der Waals surface area (Å²) in [6.45, 7) is 1.56. The van der Waals surface area contributed by atoms with Gasteiger partial charge in [-0.3, -0.25) is 5.32 Å². The molecule has 4 nitrogen and oxygen atoms in total. The van der Waals surface area contributed by atoms with E-state index in [1.165, 1.54) is 0 Å². The molecule has 0 aromatic heterocycles. The Hall–Kier alpha value is -1.41. The van der Waals surface area contributed by atoms with Crippen LogP contribution in [-0.2, 0) is 4.74 Å². The SMILES string of the molecule is N#CC(NC(CO)c1ccccc1)C1C2COCC21. The average Bonchev–Trinajstić information content (AvgIpc) is 2.94. The van der Waals surface area contributed by atoms with Crippen molar-refractivity contribution in [2.24, 2.45) is 17.8 Å². The van der Waals surface area contributed by atoms with Crippen molar-refractivity contribution in [1.29, 1.82) is 5.26 Å². The summed E-state index contributed by atoms with van der Waals surface area (Å²) in [6, 6.07) is 11.8. The summed E-state index contributed by atoms with van der Waals surface area (Å²) in [5, 5.41) is 22.2. The van der Waals surface area contributed by atoms with Crippen molar-refractivity contribution in [1.82, 2.24) is 5.32 Å². The van der Waals surface area contributed by atoms with Gasteiger partial charge in [-0.2, -0.15) is 5.26 Å². The lowest BCUT2D eigenvalue weighted by Crippen LogP contribution is -2.36. The van der Waals surface area contributed by atoms with Gasteiger partial charge < -0.3 is 9.84 Å². The Labute approximate surface area is 113 Å². The van der Waals surface area contributed by atoms with Gasteiger partial charge in [0.15, 0.2) is 0 Å². The van der Waals surface area contributed by atoms with Gasteiger partial charge in [0.05, 0.1) is 38.0 Å². The zero-order chi connectivity index (χ0) is 13.2. The maximum absolute atomic E-state index is 9.53. The number of nitrogens with zero attached hydrogens (tertiary/aromatic N) is 1. The Balaban J connectivity index is 1.67. The van der Waals surface area contributed by atoms with Crippen LogP contribution in [0.2, 0.25) is 0 Å². The first-order valence-corrected chi connectivity index (χ1v) is 6.74. The molecule has 1 aliphatic carbocycles. The van der Waals surface area contributed by atoms with Crippen LogP contribution in [0.5, 0.6) is 0 Å². The van der Waals surface area contributed by atoms with Gasteiger partial charge in [-0.25, -0.2) is 0 Å². The highest BCUT2D eigenvalue weighted by atomic mass is 16.5. The Kier molecular flexibility index (Phi) is 3.52. The van der Waals surface area contributed by atoms with Crippen molar-refractivity contribution in [3.8, 4) is 6.07 Å². The standard InChI is InChI=1S/C15H18N2O2/c16-6-13(15-11-8-19-9-12(11)15)17-14(7-18)10-4-2-1-3-5-10/h1-5,11-15,17-18H,7-9H2. The van der Waals surface area contributed by atoms with Crippen LogP contribution in [0.4, 0.5) is 0 Å². The van der Waals surface area contributed by atoms with Crippen molar-refractivity contribution >= 4 is 0 Å². The van der Waals surface area contributed by atoms with Crippen molar-refractivity contribution in [2.45, 2.75) is 12.1 Å². The van der Waals surface area contributed by atoms with Crippen LogP contribution in [0, 0.1) is 29.1 Å². The van der Waals surface area contributed by atoms with Crippen LogP contribution < -0.4 is 5.32 Å². The topological polar surface area (TPSA) is 65.3 Å². The van der Waals surface area contributed by atoms with Gasteiger partial charge in [0.2, 0.25) is 0 Å². The number of aliphatic hydroxyl groups is 1. The Morgan fingerprint density at radius 1 is 1.32 bits per heavy atom. The third kappa shape index (κ3) is 2.37. The highest BCUT2D eigenvalue weighted by molar-refractivity contribution is 5.21. The van der Waals surface area contributed by atoms with E-state index in [4.69, 9.17) is 4.74 Å². The molecule has 1 saturated carbocycles. The molecule has 2 aliphatic rings. The molecule has 1 aromatic carbocycles. The van der Waals surface area contributed by atoms with E-state index in [1.807, 2.05) is 30.3 Å². The Morgan fingerprint density at radius 2 is 2.00 bits per heavy atom. The molecule has 19 heavy (non-hydrogen) atoms. The molecule has 2 N–H and O–H groups in total. The summed E-state index contributed by atoms with van der Waals surface area (Å²) in [4.78, 5) is 0. The molecule has 1 heterocycles.